The van der Waals surface area contributed by atoms with E-state index in [-0.39, 0.29) is 23.8 Å². The van der Waals surface area contributed by atoms with Crippen molar-refractivity contribution in [2.24, 2.45) is 17.1 Å². The molecule has 0 aliphatic heterocycles. The lowest BCUT2D eigenvalue weighted by Gasteiger charge is -2.24. The molecule has 0 aliphatic carbocycles. The lowest BCUT2D eigenvalue weighted by molar-refractivity contribution is -0.120. The van der Waals surface area contributed by atoms with Crippen molar-refractivity contribution in [2.45, 2.75) is 27.2 Å². The first-order valence-electron chi connectivity index (χ1n) is 6.96. The van der Waals surface area contributed by atoms with E-state index < -0.39 is 0 Å². The predicted octanol–water partition coefficient (Wildman–Crippen LogP) is 2.54. The number of carbonyl (C=O) groups excluding carboxylic acids is 1. The van der Waals surface area contributed by atoms with Crippen LogP contribution in [0.2, 0.25) is 0 Å². The maximum Gasteiger partial charge on any atom is 0.228 e. The number of ether oxygens (including phenoxy) is 1. The molecule has 5 nitrogen and oxygen atoms in total. The molecule has 0 heterocycles. The predicted molar refractivity (Wildman–Crippen MR) is 82.8 cm³/mol. The van der Waals surface area contributed by atoms with Crippen LogP contribution in [0.1, 0.15) is 27.2 Å². The highest BCUT2D eigenvalue weighted by Gasteiger charge is 2.23. The minimum Gasteiger partial charge on any atom is -0.479 e. The van der Waals surface area contributed by atoms with Crippen LogP contribution < -0.4 is 15.8 Å². The van der Waals surface area contributed by atoms with Crippen LogP contribution in [0, 0.1) is 22.7 Å². The summed E-state index contributed by atoms with van der Waals surface area (Å²) in [5.74, 6) is 0.230. The van der Waals surface area contributed by atoms with Gasteiger partial charge in [0.2, 0.25) is 5.91 Å². The van der Waals surface area contributed by atoms with E-state index in [4.69, 9.17) is 15.7 Å². The molecule has 1 atom stereocenters. The number of carbonyl (C=O) groups is 1. The highest BCUT2D eigenvalue weighted by atomic mass is 16.5. The number of rotatable bonds is 6. The number of nitriles is 1. The summed E-state index contributed by atoms with van der Waals surface area (Å²) < 4.78 is 5.21. The molecular weight excluding hydrogens is 266 g/mol. The second-order valence-corrected chi connectivity index (χ2v) is 6.16. The topological polar surface area (TPSA) is 88.1 Å². The third kappa shape index (κ3) is 6.28. The van der Waals surface area contributed by atoms with Crippen molar-refractivity contribution in [3.63, 3.8) is 0 Å². The molecule has 1 amide bonds. The van der Waals surface area contributed by atoms with Crippen molar-refractivity contribution in [3.8, 4) is 11.8 Å². The minimum absolute atomic E-state index is 0.0210. The van der Waals surface area contributed by atoms with Crippen LogP contribution in [-0.4, -0.2) is 19.1 Å². The molecule has 0 bridgehead atoms. The number of anilines is 1. The van der Waals surface area contributed by atoms with Crippen molar-refractivity contribution < 1.29 is 9.53 Å². The first-order chi connectivity index (χ1) is 9.85. The molecular formula is C16H23N3O2. The van der Waals surface area contributed by atoms with Crippen molar-refractivity contribution in [1.82, 2.24) is 0 Å². The van der Waals surface area contributed by atoms with E-state index >= 15 is 0 Å². The van der Waals surface area contributed by atoms with Crippen LogP contribution >= 0.6 is 0 Å². The van der Waals surface area contributed by atoms with Crippen molar-refractivity contribution in [3.05, 3.63) is 24.3 Å². The Hall–Kier alpha value is -2.06. The molecule has 0 radical (unpaired) electrons. The Morgan fingerprint density at radius 3 is 2.76 bits per heavy atom. The number of hydrogen-bond donors (Lipinski definition) is 2. The Morgan fingerprint density at radius 1 is 1.48 bits per heavy atom. The zero-order valence-electron chi connectivity index (χ0n) is 12.8. The normalized spacial score (nSPS) is 12.3. The van der Waals surface area contributed by atoms with Crippen molar-refractivity contribution in [2.75, 3.05) is 18.5 Å². The summed E-state index contributed by atoms with van der Waals surface area (Å²) in [4.78, 5) is 12.3. The Labute approximate surface area is 126 Å². The van der Waals surface area contributed by atoms with Gasteiger partial charge in [-0.05, 0) is 24.0 Å². The molecule has 1 unspecified atom stereocenters. The number of nitrogens with two attached hydrogens (primary N) is 1. The molecule has 3 N–H and O–H groups in total. The largest absolute Gasteiger partial charge is 0.479 e. The van der Waals surface area contributed by atoms with Gasteiger partial charge in [0, 0.05) is 18.3 Å². The van der Waals surface area contributed by atoms with E-state index in [0.29, 0.717) is 18.0 Å². The number of nitrogens with one attached hydrogen (secondary N) is 1. The molecule has 0 saturated heterocycles. The maximum atomic E-state index is 12.3. The molecule has 0 fully saturated rings. The van der Waals surface area contributed by atoms with Crippen LogP contribution in [0.3, 0.4) is 0 Å². The number of benzene rings is 1. The van der Waals surface area contributed by atoms with Gasteiger partial charge in [0.15, 0.2) is 6.61 Å². The first-order valence-corrected chi connectivity index (χ1v) is 6.96. The highest BCUT2D eigenvalue weighted by molar-refractivity contribution is 5.92. The Kier molecular flexibility index (Phi) is 6.19. The summed E-state index contributed by atoms with van der Waals surface area (Å²) in [6, 6.07) is 8.88. The van der Waals surface area contributed by atoms with Crippen LogP contribution in [0.15, 0.2) is 24.3 Å². The smallest absolute Gasteiger partial charge is 0.228 e. The van der Waals surface area contributed by atoms with Crippen LogP contribution in [0.4, 0.5) is 5.69 Å². The van der Waals surface area contributed by atoms with Crippen LogP contribution in [-0.2, 0) is 4.79 Å². The molecule has 0 aromatic heterocycles. The van der Waals surface area contributed by atoms with Gasteiger partial charge in [0.05, 0.1) is 5.92 Å². The fourth-order valence-electron chi connectivity index (χ4n) is 2.05. The summed E-state index contributed by atoms with van der Waals surface area (Å²) in [5.41, 5.74) is 6.39. The summed E-state index contributed by atoms with van der Waals surface area (Å²) in [6.07, 6.45) is 0.722. The third-order valence-electron chi connectivity index (χ3n) is 2.92. The van der Waals surface area contributed by atoms with Gasteiger partial charge in [-0.15, -0.1) is 0 Å². The Balaban J connectivity index is 2.71. The van der Waals surface area contributed by atoms with E-state index in [1.165, 1.54) is 0 Å². The van der Waals surface area contributed by atoms with E-state index in [9.17, 15) is 4.79 Å². The SMILES string of the molecule is CC(C)(C)CC(CN)C(=O)Nc1cccc(OCC#N)c1. The van der Waals surface area contributed by atoms with Gasteiger partial charge in [0.25, 0.3) is 0 Å². The molecule has 0 aliphatic rings. The molecule has 0 spiro atoms. The molecule has 5 heteroatoms. The van der Waals surface area contributed by atoms with Gasteiger partial charge in [-0.25, -0.2) is 0 Å². The quantitative estimate of drug-likeness (QED) is 0.842. The lowest BCUT2D eigenvalue weighted by Crippen LogP contribution is -2.32. The highest BCUT2D eigenvalue weighted by Crippen LogP contribution is 2.25. The zero-order valence-corrected chi connectivity index (χ0v) is 12.8. The van der Waals surface area contributed by atoms with Gasteiger partial charge >= 0.3 is 0 Å². The average Bonchev–Trinajstić information content (AvgIpc) is 2.42. The van der Waals surface area contributed by atoms with E-state index in [1.54, 1.807) is 24.3 Å². The molecule has 1 aromatic carbocycles. The maximum absolute atomic E-state index is 12.3. The van der Waals surface area contributed by atoms with Crippen LogP contribution in [0.25, 0.3) is 0 Å². The van der Waals surface area contributed by atoms with Gasteiger partial charge in [0.1, 0.15) is 11.8 Å². The second-order valence-electron chi connectivity index (χ2n) is 6.16. The Morgan fingerprint density at radius 2 is 2.19 bits per heavy atom. The first kappa shape index (κ1) is 17.0. The van der Waals surface area contributed by atoms with Gasteiger partial charge in [-0.2, -0.15) is 5.26 Å². The van der Waals surface area contributed by atoms with Gasteiger partial charge in [-0.1, -0.05) is 26.8 Å². The Bertz CT molecular complexity index is 515. The number of amides is 1. The molecule has 21 heavy (non-hydrogen) atoms. The summed E-state index contributed by atoms with van der Waals surface area (Å²) >= 11 is 0. The lowest BCUT2D eigenvalue weighted by atomic mass is 9.84. The summed E-state index contributed by atoms with van der Waals surface area (Å²) in [7, 11) is 0. The van der Waals surface area contributed by atoms with E-state index in [2.05, 4.69) is 26.1 Å². The van der Waals surface area contributed by atoms with E-state index in [0.717, 1.165) is 6.42 Å². The average molecular weight is 289 g/mol. The van der Waals surface area contributed by atoms with Crippen molar-refractivity contribution >= 4 is 11.6 Å². The minimum atomic E-state index is -0.228. The third-order valence-corrected chi connectivity index (χ3v) is 2.92. The van der Waals surface area contributed by atoms with Gasteiger partial charge < -0.3 is 15.8 Å². The number of hydrogen-bond acceptors (Lipinski definition) is 4. The zero-order chi connectivity index (χ0) is 15.9. The van der Waals surface area contributed by atoms with Crippen LogP contribution in [0.5, 0.6) is 5.75 Å². The monoisotopic (exact) mass is 289 g/mol. The van der Waals surface area contributed by atoms with Crippen molar-refractivity contribution in [1.29, 1.82) is 5.26 Å². The molecule has 114 valence electrons. The summed E-state index contributed by atoms with van der Waals surface area (Å²) in [6.45, 7) is 6.54. The molecule has 0 saturated carbocycles. The molecule has 1 rings (SSSR count). The fraction of sp³-hybridized carbons (Fsp3) is 0.500. The molecule has 1 aromatic rings. The number of nitrogens with zero attached hydrogens (tertiary/aromatic N) is 1. The van der Waals surface area contributed by atoms with E-state index in [1.807, 2.05) is 6.07 Å². The summed E-state index contributed by atoms with van der Waals surface area (Å²) in [5, 5.41) is 11.3. The second kappa shape index (κ2) is 7.65. The fourth-order valence-corrected chi connectivity index (χ4v) is 2.05. The van der Waals surface area contributed by atoms with Gasteiger partial charge in [-0.3, -0.25) is 4.79 Å². The standard InChI is InChI=1S/C16H23N3O2/c1-16(2,3)10-12(11-18)15(20)19-13-5-4-6-14(9-13)21-8-7-17/h4-6,9,12H,8,10-11,18H2,1-3H3,(H,19,20).